The number of aliphatic hydroxyl groups is 2. The number of aliphatic hydroxyl groups excluding tert-OH is 2. The number of carbonyl (C=O) groups is 2. The Morgan fingerprint density at radius 2 is 2.14 bits per heavy atom. The lowest BCUT2D eigenvalue weighted by atomic mass is 9.85. The molecule has 2 fully saturated rings. The van der Waals surface area contributed by atoms with Gasteiger partial charge in [-0.25, -0.2) is 4.79 Å². The third kappa shape index (κ3) is 2.96. The maximum atomic E-state index is 12.2. The van der Waals surface area contributed by atoms with Gasteiger partial charge in [0.15, 0.2) is 0 Å². The number of carbonyl (C=O) groups excluding carboxylic acids is 2. The Balaban J connectivity index is 2.29. The fourth-order valence-electron chi connectivity index (χ4n) is 3.13. The van der Waals surface area contributed by atoms with E-state index in [1.807, 2.05) is 6.92 Å². The van der Waals surface area contributed by atoms with Crippen molar-refractivity contribution in [3.63, 3.8) is 0 Å². The number of ether oxygens (including phenoxy) is 3. The quantitative estimate of drug-likeness (QED) is 0.553. The van der Waals surface area contributed by atoms with E-state index in [-0.39, 0.29) is 24.9 Å². The highest BCUT2D eigenvalue weighted by Crippen LogP contribution is 2.44. The van der Waals surface area contributed by atoms with Crippen molar-refractivity contribution in [2.75, 3.05) is 13.2 Å². The monoisotopic (exact) mass is 317 g/mol. The van der Waals surface area contributed by atoms with E-state index < -0.39 is 42.7 Å². The Hall–Kier alpha value is -1.22. The summed E-state index contributed by atoms with van der Waals surface area (Å²) in [6, 6.07) is -0.422. The van der Waals surface area contributed by atoms with Gasteiger partial charge in [0.1, 0.15) is 18.3 Å². The van der Waals surface area contributed by atoms with Crippen molar-refractivity contribution in [3.8, 4) is 0 Å². The normalized spacial score (nSPS) is 38.4. The number of rotatable bonds is 5. The number of nitrogens with one attached hydrogen (secondary N) is 1. The smallest absolute Gasteiger partial charge is 0.366 e. The van der Waals surface area contributed by atoms with Crippen molar-refractivity contribution in [2.45, 2.75) is 57.3 Å². The standard InChI is InChI=1S/C14H23NO7/c1-4-20-13(19)14-5-7(2)10(15-8(3)17)12(22-14)11(21-14)9(18)6-16/h7,9-12,16,18H,4-6H2,1-3H3,(H,15,17)/t7-,9-,10-,11-,12-,14-/m1/s1. The number of hydrogen-bond donors (Lipinski definition) is 3. The topological polar surface area (TPSA) is 114 Å². The summed E-state index contributed by atoms with van der Waals surface area (Å²) in [6.45, 7) is 4.56. The highest BCUT2D eigenvalue weighted by molar-refractivity contribution is 5.79. The first-order valence-electron chi connectivity index (χ1n) is 7.43. The Morgan fingerprint density at radius 3 is 2.68 bits per heavy atom. The molecule has 2 bridgehead atoms. The maximum absolute atomic E-state index is 12.2. The molecule has 1 amide bonds. The van der Waals surface area contributed by atoms with Crippen molar-refractivity contribution in [1.29, 1.82) is 0 Å². The first-order valence-corrected chi connectivity index (χ1v) is 7.43. The van der Waals surface area contributed by atoms with Crippen LogP contribution >= 0.6 is 0 Å². The number of hydrogen-bond acceptors (Lipinski definition) is 7. The Bertz CT molecular complexity index is 443. The average molecular weight is 317 g/mol. The molecule has 8 nitrogen and oxygen atoms in total. The minimum Gasteiger partial charge on any atom is -0.462 e. The van der Waals surface area contributed by atoms with Gasteiger partial charge < -0.3 is 29.7 Å². The molecule has 0 spiro atoms. The van der Waals surface area contributed by atoms with Gasteiger partial charge in [0.2, 0.25) is 5.91 Å². The Kier molecular flexibility index (Phi) is 5.06. The second-order valence-corrected chi connectivity index (χ2v) is 5.80. The first kappa shape index (κ1) is 17.1. The zero-order valence-corrected chi connectivity index (χ0v) is 12.9. The van der Waals surface area contributed by atoms with E-state index in [0.717, 1.165) is 0 Å². The molecule has 0 aromatic rings. The predicted molar refractivity (Wildman–Crippen MR) is 73.6 cm³/mol. The molecule has 0 aliphatic carbocycles. The molecule has 0 unspecified atom stereocenters. The van der Waals surface area contributed by atoms with E-state index in [2.05, 4.69) is 5.32 Å². The molecular formula is C14H23NO7. The second-order valence-electron chi connectivity index (χ2n) is 5.80. The van der Waals surface area contributed by atoms with Crippen LogP contribution in [0.1, 0.15) is 27.2 Å². The number of fused-ring (bicyclic) bond motifs is 2. The van der Waals surface area contributed by atoms with Crippen molar-refractivity contribution < 1.29 is 34.0 Å². The summed E-state index contributed by atoms with van der Waals surface area (Å²) in [4.78, 5) is 23.6. The van der Waals surface area contributed by atoms with Crippen LogP contribution in [0.25, 0.3) is 0 Å². The highest BCUT2D eigenvalue weighted by atomic mass is 16.8. The van der Waals surface area contributed by atoms with Crippen LogP contribution in [0.2, 0.25) is 0 Å². The van der Waals surface area contributed by atoms with Gasteiger partial charge in [-0.15, -0.1) is 0 Å². The van der Waals surface area contributed by atoms with Crippen LogP contribution in [0, 0.1) is 5.92 Å². The van der Waals surface area contributed by atoms with Crippen molar-refractivity contribution >= 4 is 11.9 Å². The second kappa shape index (κ2) is 6.49. The van der Waals surface area contributed by atoms with Gasteiger partial charge in [0.25, 0.3) is 5.79 Å². The van der Waals surface area contributed by atoms with Crippen LogP contribution < -0.4 is 5.32 Å². The molecule has 0 radical (unpaired) electrons. The molecule has 3 N–H and O–H groups in total. The van der Waals surface area contributed by atoms with Crippen LogP contribution in [-0.4, -0.2) is 65.4 Å². The van der Waals surface area contributed by atoms with E-state index in [0.29, 0.717) is 0 Å². The van der Waals surface area contributed by atoms with Gasteiger partial charge in [0, 0.05) is 13.3 Å². The minimum atomic E-state index is -1.59. The summed E-state index contributed by atoms with van der Waals surface area (Å²) in [5.74, 6) is -2.60. The molecule has 0 aromatic carbocycles. The third-order valence-electron chi connectivity index (χ3n) is 4.06. The Labute approximate surface area is 128 Å². The zero-order valence-electron chi connectivity index (χ0n) is 12.9. The van der Waals surface area contributed by atoms with E-state index in [1.54, 1.807) is 6.92 Å². The molecule has 8 heteroatoms. The van der Waals surface area contributed by atoms with Gasteiger partial charge in [-0.3, -0.25) is 4.79 Å². The SMILES string of the molecule is CCOC(=O)[C@@]12C[C@@H](C)[C@@H](NC(C)=O)[C@@H](O1)[C@@H]([C@H](O)CO)O2. The van der Waals surface area contributed by atoms with E-state index in [9.17, 15) is 19.8 Å². The lowest BCUT2D eigenvalue weighted by Crippen LogP contribution is -2.57. The summed E-state index contributed by atoms with van der Waals surface area (Å²) in [7, 11) is 0. The maximum Gasteiger partial charge on any atom is 0.366 e. The van der Waals surface area contributed by atoms with Crippen LogP contribution in [0.15, 0.2) is 0 Å². The zero-order chi connectivity index (χ0) is 16.5. The molecule has 2 rings (SSSR count). The molecule has 22 heavy (non-hydrogen) atoms. The summed E-state index contributed by atoms with van der Waals surface area (Å²) in [6.07, 6.45) is -2.68. The molecule has 0 aromatic heterocycles. The predicted octanol–water partition coefficient (Wildman–Crippen LogP) is -1.07. The van der Waals surface area contributed by atoms with Gasteiger partial charge in [-0.2, -0.15) is 0 Å². The highest BCUT2D eigenvalue weighted by Gasteiger charge is 2.63. The third-order valence-corrected chi connectivity index (χ3v) is 4.06. The van der Waals surface area contributed by atoms with Gasteiger partial charge in [-0.1, -0.05) is 6.92 Å². The fourth-order valence-corrected chi connectivity index (χ4v) is 3.13. The van der Waals surface area contributed by atoms with Gasteiger partial charge in [0.05, 0.1) is 19.3 Å². The molecule has 126 valence electrons. The molecule has 2 aliphatic rings. The fraction of sp³-hybridized carbons (Fsp3) is 0.857. The minimum absolute atomic E-state index is 0.122. The lowest BCUT2D eigenvalue weighted by Gasteiger charge is -2.38. The molecule has 2 heterocycles. The van der Waals surface area contributed by atoms with Crippen molar-refractivity contribution in [1.82, 2.24) is 5.32 Å². The number of esters is 1. The largest absolute Gasteiger partial charge is 0.462 e. The van der Waals surface area contributed by atoms with Crippen LogP contribution in [0.4, 0.5) is 0 Å². The molecule has 2 aliphatic heterocycles. The van der Waals surface area contributed by atoms with Gasteiger partial charge in [-0.05, 0) is 12.8 Å². The van der Waals surface area contributed by atoms with Crippen molar-refractivity contribution in [3.05, 3.63) is 0 Å². The van der Waals surface area contributed by atoms with E-state index >= 15 is 0 Å². The Morgan fingerprint density at radius 1 is 1.45 bits per heavy atom. The lowest BCUT2D eigenvalue weighted by molar-refractivity contribution is -0.232. The molecule has 0 saturated carbocycles. The summed E-state index contributed by atoms with van der Waals surface area (Å²) in [5, 5.41) is 21.9. The first-order chi connectivity index (χ1) is 10.3. The molecule has 2 saturated heterocycles. The summed E-state index contributed by atoms with van der Waals surface area (Å²) < 4.78 is 16.4. The molecular weight excluding hydrogens is 294 g/mol. The van der Waals surface area contributed by atoms with Crippen LogP contribution in [0.3, 0.4) is 0 Å². The summed E-state index contributed by atoms with van der Waals surface area (Å²) >= 11 is 0. The van der Waals surface area contributed by atoms with Crippen LogP contribution in [0.5, 0.6) is 0 Å². The molecule has 6 atom stereocenters. The van der Waals surface area contributed by atoms with Crippen LogP contribution in [-0.2, 0) is 23.8 Å². The van der Waals surface area contributed by atoms with Crippen molar-refractivity contribution in [2.24, 2.45) is 5.92 Å². The van der Waals surface area contributed by atoms with E-state index in [4.69, 9.17) is 14.2 Å². The van der Waals surface area contributed by atoms with Gasteiger partial charge >= 0.3 is 5.97 Å². The number of amides is 1. The summed E-state index contributed by atoms with van der Waals surface area (Å²) in [5.41, 5.74) is 0. The average Bonchev–Trinajstić information content (AvgIpc) is 2.79. The van der Waals surface area contributed by atoms with E-state index in [1.165, 1.54) is 6.92 Å².